The molecular formula is C28H36IrNO4-. The van der Waals surface area contributed by atoms with Crippen molar-refractivity contribution in [1.29, 1.82) is 0 Å². The number of furan rings is 1. The van der Waals surface area contributed by atoms with Crippen molar-refractivity contribution in [2.24, 2.45) is 10.8 Å². The topological polar surface area (TPSA) is 72.6 Å². The smallest absolute Gasteiger partial charge is 0.217 e. The molecule has 1 radical (unpaired) electrons. The Morgan fingerprint density at radius 1 is 1.12 bits per heavy atom. The quantitative estimate of drug-likeness (QED) is 0.161. The van der Waals surface area contributed by atoms with E-state index in [0.29, 0.717) is 11.6 Å². The predicted octanol–water partition coefficient (Wildman–Crippen LogP) is 7.90. The Hall–Kier alpha value is -2.43. The van der Waals surface area contributed by atoms with Gasteiger partial charge in [-0.15, -0.1) is 12.1 Å². The van der Waals surface area contributed by atoms with Crippen LogP contribution >= 0.6 is 0 Å². The Morgan fingerprint density at radius 3 is 2.35 bits per heavy atom. The molecule has 0 aliphatic rings. The molecule has 0 spiro atoms. The molecule has 3 aromatic rings. The molecule has 0 bridgehead atoms. The van der Waals surface area contributed by atoms with Gasteiger partial charge in [0, 0.05) is 54.2 Å². The van der Waals surface area contributed by atoms with Crippen LogP contribution in [0.2, 0.25) is 0 Å². The number of carbonyl (C=O) groups excluding carboxylic acids is 1. The largest absolute Gasteiger partial charge is 0.512 e. The molecule has 2 aromatic heterocycles. The second-order valence-corrected chi connectivity index (χ2v) is 9.66. The summed E-state index contributed by atoms with van der Waals surface area (Å²) in [6.45, 7) is 15.7. The van der Waals surface area contributed by atoms with Crippen molar-refractivity contribution in [2.75, 3.05) is 0 Å². The van der Waals surface area contributed by atoms with E-state index in [0.717, 1.165) is 34.9 Å². The zero-order valence-electron chi connectivity index (χ0n) is 21.4. The number of hydrogen-bond donors (Lipinski definition) is 1. The van der Waals surface area contributed by atoms with E-state index < -0.39 is 0 Å². The molecule has 6 heteroatoms. The molecule has 1 aromatic carbocycles. The van der Waals surface area contributed by atoms with Gasteiger partial charge in [0.25, 0.3) is 0 Å². The third kappa shape index (κ3) is 8.10. The molecule has 0 amide bonds. The van der Waals surface area contributed by atoms with E-state index in [9.17, 15) is 9.90 Å². The number of benzene rings is 1. The minimum absolute atomic E-state index is 0. The first-order valence-corrected chi connectivity index (χ1v) is 11.3. The summed E-state index contributed by atoms with van der Waals surface area (Å²) in [4.78, 5) is 16.0. The zero-order valence-corrected chi connectivity index (χ0v) is 23.8. The van der Waals surface area contributed by atoms with Gasteiger partial charge >= 0.3 is 0 Å². The van der Waals surface area contributed by atoms with Gasteiger partial charge < -0.3 is 14.3 Å². The second kappa shape index (κ2) is 12.3. The van der Waals surface area contributed by atoms with Crippen LogP contribution in [-0.2, 0) is 24.9 Å². The SMILES string of the molecule is CCC(C)(C)C(=O)/C=C(\O)C(C)(C)CC.Cc1[c-]c(Oc2cc3ccoc3cn2)cc(C)c1.[Ir]. The summed E-state index contributed by atoms with van der Waals surface area (Å²) in [6, 6.07) is 10.9. The molecule has 0 unspecified atom stereocenters. The molecule has 0 saturated heterocycles. The van der Waals surface area contributed by atoms with Gasteiger partial charge in [-0.1, -0.05) is 55.4 Å². The molecule has 187 valence electrons. The van der Waals surface area contributed by atoms with Crippen LogP contribution in [0.1, 0.15) is 65.5 Å². The van der Waals surface area contributed by atoms with Gasteiger partial charge in [-0.05, 0) is 18.9 Å². The van der Waals surface area contributed by atoms with Crippen molar-refractivity contribution in [1.82, 2.24) is 4.98 Å². The molecule has 0 saturated carbocycles. The van der Waals surface area contributed by atoms with Crippen LogP contribution < -0.4 is 4.74 Å². The van der Waals surface area contributed by atoms with Crippen molar-refractivity contribution in [2.45, 2.75) is 68.2 Å². The molecule has 0 fully saturated rings. The number of pyridine rings is 1. The van der Waals surface area contributed by atoms with E-state index in [1.54, 1.807) is 12.5 Å². The minimum Gasteiger partial charge on any atom is -0.512 e. The normalized spacial score (nSPS) is 11.9. The number of allylic oxidation sites excluding steroid dienone is 2. The fraction of sp³-hybridized carbons (Fsp3) is 0.429. The standard InChI is InChI=1S/C15H12NO2.C13H24O2.Ir/c1-10-5-11(2)7-13(6-10)18-15-8-12-3-4-17-14(12)9-16-15;1-7-12(3,4)10(14)9-11(15)13(5,6)8-2;/h3-6,8-9H,1-2H3;9,14H,7-8H2,1-6H3;/q-1;;/b;10-9-;. The Kier molecular flexibility index (Phi) is 10.7. The van der Waals surface area contributed by atoms with Gasteiger partial charge in [0.2, 0.25) is 5.88 Å². The van der Waals surface area contributed by atoms with Gasteiger partial charge in [-0.3, -0.25) is 4.79 Å². The number of ketones is 1. The molecule has 5 nitrogen and oxygen atoms in total. The van der Waals surface area contributed by atoms with Gasteiger partial charge in [0.05, 0.1) is 12.5 Å². The van der Waals surface area contributed by atoms with E-state index >= 15 is 0 Å². The first-order chi connectivity index (χ1) is 15.4. The fourth-order valence-electron chi connectivity index (χ4n) is 2.80. The summed E-state index contributed by atoms with van der Waals surface area (Å²) in [5.41, 5.74) is 2.27. The number of aryl methyl sites for hydroxylation is 2. The van der Waals surface area contributed by atoms with Crippen LogP contribution in [0.4, 0.5) is 0 Å². The van der Waals surface area contributed by atoms with Crippen molar-refractivity contribution < 1.29 is 39.2 Å². The summed E-state index contributed by atoms with van der Waals surface area (Å²) in [6.07, 6.45) is 6.29. The van der Waals surface area contributed by atoms with Crippen molar-refractivity contribution in [3.05, 3.63) is 65.8 Å². The Labute approximate surface area is 217 Å². The number of ether oxygens (including phenoxy) is 1. The molecule has 2 heterocycles. The van der Waals surface area contributed by atoms with E-state index in [2.05, 4.69) is 17.1 Å². The molecule has 0 aliphatic heterocycles. The number of carbonyl (C=O) groups is 1. The monoisotopic (exact) mass is 643 g/mol. The van der Waals surface area contributed by atoms with Crippen LogP contribution in [0.5, 0.6) is 11.6 Å². The maximum atomic E-state index is 11.8. The third-order valence-corrected chi connectivity index (χ3v) is 6.05. The minimum atomic E-state index is -0.377. The number of rotatable bonds is 7. The zero-order chi connectivity index (χ0) is 24.8. The maximum Gasteiger partial charge on any atom is 0.217 e. The Bertz CT molecular complexity index is 1110. The van der Waals surface area contributed by atoms with Crippen LogP contribution in [-0.4, -0.2) is 15.9 Å². The van der Waals surface area contributed by atoms with E-state index in [4.69, 9.17) is 9.15 Å². The summed E-state index contributed by atoms with van der Waals surface area (Å²) >= 11 is 0. The molecule has 1 N–H and O–H groups in total. The van der Waals surface area contributed by atoms with Crippen LogP contribution in [0.3, 0.4) is 0 Å². The van der Waals surface area contributed by atoms with Gasteiger partial charge in [-0.25, -0.2) is 4.98 Å². The maximum absolute atomic E-state index is 11.8. The molecular weight excluding hydrogens is 607 g/mol. The van der Waals surface area contributed by atoms with Crippen LogP contribution in [0.15, 0.2) is 53.0 Å². The number of aliphatic hydroxyl groups excluding tert-OH is 1. The van der Waals surface area contributed by atoms with Crippen molar-refractivity contribution in [3.63, 3.8) is 0 Å². The third-order valence-electron chi connectivity index (χ3n) is 6.05. The van der Waals surface area contributed by atoms with Crippen LogP contribution in [0.25, 0.3) is 11.0 Å². The number of aromatic nitrogens is 1. The second-order valence-electron chi connectivity index (χ2n) is 9.66. The number of fused-ring (bicyclic) bond motifs is 1. The molecule has 0 aliphatic carbocycles. The van der Waals surface area contributed by atoms with Gasteiger partial charge in [-0.2, -0.15) is 17.2 Å². The first-order valence-electron chi connectivity index (χ1n) is 11.3. The van der Waals surface area contributed by atoms with Crippen molar-refractivity contribution >= 4 is 16.8 Å². The summed E-state index contributed by atoms with van der Waals surface area (Å²) in [7, 11) is 0. The van der Waals surface area contributed by atoms with E-state index in [1.165, 1.54) is 6.08 Å². The number of hydrogen-bond acceptors (Lipinski definition) is 5. The molecule has 3 rings (SSSR count). The van der Waals surface area contributed by atoms with E-state index in [-0.39, 0.29) is 42.5 Å². The number of aliphatic hydroxyl groups is 1. The first kappa shape index (κ1) is 29.6. The number of nitrogens with zero attached hydrogens (tertiary/aromatic N) is 1. The van der Waals surface area contributed by atoms with Gasteiger partial charge in [0.1, 0.15) is 5.76 Å². The van der Waals surface area contributed by atoms with Crippen LogP contribution in [0, 0.1) is 30.7 Å². The summed E-state index contributed by atoms with van der Waals surface area (Å²) in [5, 5.41) is 10.8. The van der Waals surface area contributed by atoms with Gasteiger partial charge in [0.15, 0.2) is 11.4 Å². The predicted molar refractivity (Wildman–Crippen MR) is 133 cm³/mol. The Morgan fingerprint density at radius 2 is 1.76 bits per heavy atom. The van der Waals surface area contributed by atoms with Crippen molar-refractivity contribution in [3.8, 4) is 11.6 Å². The molecule has 0 atom stereocenters. The summed E-state index contributed by atoms with van der Waals surface area (Å²) < 4.78 is 10.9. The average molecular weight is 643 g/mol. The molecule has 34 heavy (non-hydrogen) atoms. The average Bonchev–Trinajstić information content (AvgIpc) is 3.21. The summed E-state index contributed by atoms with van der Waals surface area (Å²) in [5.74, 6) is 1.42. The Balaban J connectivity index is 0.000000338. The fourth-order valence-corrected chi connectivity index (χ4v) is 2.80. The van der Waals surface area contributed by atoms with E-state index in [1.807, 2.05) is 73.6 Å².